The van der Waals surface area contributed by atoms with Crippen molar-refractivity contribution in [1.82, 2.24) is 9.78 Å². The zero-order valence-corrected chi connectivity index (χ0v) is 8.88. The fraction of sp³-hybridized carbons (Fsp3) is 0.500. The lowest BCUT2D eigenvalue weighted by atomic mass is 10.00. The van der Waals surface area contributed by atoms with E-state index >= 15 is 0 Å². The Morgan fingerprint density at radius 3 is 3.00 bits per heavy atom. The molecule has 1 fully saturated rings. The number of aromatic nitrogens is 2. The summed E-state index contributed by atoms with van der Waals surface area (Å²) in [5.41, 5.74) is -0.891. The van der Waals surface area contributed by atoms with Gasteiger partial charge in [-0.15, -0.1) is 0 Å². The van der Waals surface area contributed by atoms with E-state index in [1.807, 2.05) is 0 Å². The highest BCUT2D eigenvalue weighted by molar-refractivity contribution is 7.99. The number of hydrogen-bond donors (Lipinski definition) is 1. The molecule has 1 aliphatic rings. The highest BCUT2D eigenvalue weighted by Crippen LogP contribution is 2.34. The molecule has 0 spiro atoms. The van der Waals surface area contributed by atoms with Gasteiger partial charge in [0.2, 0.25) is 0 Å². The SMILES string of the molecule is O=C(O)C1(n2cc(Cl)cn2)CCSC1. The minimum Gasteiger partial charge on any atom is -0.479 e. The van der Waals surface area contributed by atoms with Crippen molar-refractivity contribution in [2.75, 3.05) is 11.5 Å². The van der Waals surface area contributed by atoms with E-state index in [0.717, 1.165) is 5.75 Å². The molecule has 1 saturated heterocycles. The Labute approximate surface area is 90.2 Å². The lowest BCUT2D eigenvalue weighted by Crippen LogP contribution is -2.42. The molecule has 1 atom stereocenters. The van der Waals surface area contributed by atoms with Gasteiger partial charge in [0, 0.05) is 11.9 Å². The van der Waals surface area contributed by atoms with Crippen LogP contribution in [0, 0.1) is 0 Å². The summed E-state index contributed by atoms with van der Waals surface area (Å²) in [6.07, 6.45) is 3.64. The Bertz CT molecular complexity index is 360. The van der Waals surface area contributed by atoms with Crippen LogP contribution in [0.25, 0.3) is 0 Å². The summed E-state index contributed by atoms with van der Waals surface area (Å²) in [5.74, 6) is 0.576. The van der Waals surface area contributed by atoms with Crippen LogP contribution in [0.2, 0.25) is 5.02 Å². The monoisotopic (exact) mass is 232 g/mol. The fourth-order valence-electron chi connectivity index (χ4n) is 1.54. The zero-order chi connectivity index (χ0) is 10.2. The predicted octanol–water partition coefficient (Wildman–Crippen LogP) is 1.45. The molecule has 2 rings (SSSR count). The quantitative estimate of drug-likeness (QED) is 0.839. The minimum absolute atomic E-state index is 0.475. The number of nitrogens with zero attached hydrogens (tertiary/aromatic N) is 2. The fourth-order valence-corrected chi connectivity index (χ4v) is 3.04. The molecule has 1 N–H and O–H groups in total. The van der Waals surface area contributed by atoms with Crippen molar-refractivity contribution in [3.63, 3.8) is 0 Å². The summed E-state index contributed by atoms with van der Waals surface area (Å²) in [6.45, 7) is 0. The van der Waals surface area contributed by atoms with Gasteiger partial charge in [-0.2, -0.15) is 16.9 Å². The van der Waals surface area contributed by atoms with Crippen LogP contribution in [0.15, 0.2) is 12.4 Å². The van der Waals surface area contributed by atoms with Gasteiger partial charge in [0.15, 0.2) is 5.54 Å². The number of hydrogen-bond acceptors (Lipinski definition) is 3. The van der Waals surface area contributed by atoms with E-state index in [2.05, 4.69) is 5.10 Å². The molecule has 0 bridgehead atoms. The number of aliphatic carboxylic acids is 1. The maximum atomic E-state index is 11.2. The van der Waals surface area contributed by atoms with Gasteiger partial charge in [-0.3, -0.25) is 4.68 Å². The molecule has 4 nitrogen and oxygen atoms in total. The first-order valence-corrected chi connectivity index (χ1v) is 5.70. The first-order chi connectivity index (χ1) is 6.65. The Morgan fingerprint density at radius 1 is 1.79 bits per heavy atom. The molecule has 6 heteroatoms. The molecule has 2 heterocycles. The lowest BCUT2D eigenvalue weighted by Gasteiger charge is -2.23. The van der Waals surface area contributed by atoms with Gasteiger partial charge < -0.3 is 5.11 Å². The standard InChI is InChI=1S/C8H9ClN2O2S/c9-6-3-10-11(4-6)8(7(12)13)1-2-14-5-8/h3-4H,1-2,5H2,(H,12,13). The molecule has 1 unspecified atom stereocenters. The summed E-state index contributed by atoms with van der Waals surface area (Å²) in [7, 11) is 0. The molecule has 0 saturated carbocycles. The lowest BCUT2D eigenvalue weighted by molar-refractivity contribution is -0.146. The van der Waals surface area contributed by atoms with E-state index in [1.54, 1.807) is 18.0 Å². The van der Waals surface area contributed by atoms with Gasteiger partial charge in [0.1, 0.15) is 0 Å². The third kappa shape index (κ3) is 1.40. The Hall–Kier alpha value is -0.680. The van der Waals surface area contributed by atoms with E-state index in [9.17, 15) is 9.90 Å². The summed E-state index contributed by atoms with van der Waals surface area (Å²) in [6, 6.07) is 0. The van der Waals surface area contributed by atoms with E-state index in [4.69, 9.17) is 11.6 Å². The summed E-state index contributed by atoms with van der Waals surface area (Å²) >= 11 is 7.35. The average molecular weight is 233 g/mol. The largest absolute Gasteiger partial charge is 0.479 e. The highest BCUT2D eigenvalue weighted by Gasteiger charge is 2.44. The Kier molecular flexibility index (Phi) is 2.45. The first kappa shape index (κ1) is 9.86. The van der Waals surface area contributed by atoms with Crippen molar-refractivity contribution in [1.29, 1.82) is 0 Å². The van der Waals surface area contributed by atoms with Gasteiger partial charge >= 0.3 is 5.97 Å². The molecular formula is C8H9ClN2O2S. The van der Waals surface area contributed by atoms with Gasteiger partial charge in [-0.1, -0.05) is 11.6 Å². The first-order valence-electron chi connectivity index (χ1n) is 4.17. The molecule has 14 heavy (non-hydrogen) atoms. The van der Waals surface area contributed by atoms with E-state index < -0.39 is 11.5 Å². The second-order valence-electron chi connectivity index (χ2n) is 3.24. The van der Waals surface area contributed by atoms with Crippen LogP contribution in [0.3, 0.4) is 0 Å². The van der Waals surface area contributed by atoms with Crippen LogP contribution < -0.4 is 0 Å². The molecule has 1 aromatic heterocycles. The molecule has 0 amide bonds. The van der Waals surface area contributed by atoms with Crippen molar-refractivity contribution in [2.24, 2.45) is 0 Å². The van der Waals surface area contributed by atoms with Crippen LogP contribution >= 0.6 is 23.4 Å². The average Bonchev–Trinajstić information content (AvgIpc) is 2.71. The second kappa shape index (κ2) is 3.47. The molecule has 0 radical (unpaired) electrons. The topological polar surface area (TPSA) is 55.1 Å². The van der Waals surface area contributed by atoms with E-state index in [0.29, 0.717) is 17.2 Å². The van der Waals surface area contributed by atoms with Crippen molar-refractivity contribution < 1.29 is 9.90 Å². The third-order valence-corrected chi connectivity index (χ3v) is 3.76. The molecular weight excluding hydrogens is 224 g/mol. The Morgan fingerprint density at radius 2 is 2.57 bits per heavy atom. The number of halogens is 1. The van der Waals surface area contributed by atoms with Crippen molar-refractivity contribution >= 4 is 29.3 Å². The number of carboxylic acids is 1. The Balaban J connectivity index is 2.41. The third-order valence-electron chi connectivity index (χ3n) is 2.39. The van der Waals surface area contributed by atoms with E-state index in [-0.39, 0.29) is 0 Å². The summed E-state index contributed by atoms with van der Waals surface area (Å²) in [4.78, 5) is 11.2. The summed E-state index contributed by atoms with van der Waals surface area (Å²) in [5, 5.41) is 13.7. The van der Waals surface area contributed by atoms with Crippen LogP contribution in [0.5, 0.6) is 0 Å². The number of rotatable bonds is 2. The second-order valence-corrected chi connectivity index (χ2v) is 4.78. The maximum Gasteiger partial charge on any atom is 0.332 e. The van der Waals surface area contributed by atoms with Gasteiger partial charge in [-0.05, 0) is 12.2 Å². The van der Waals surface area contributed by atoms with Crippen LogP contribution in [-0.2, 0) is 10.3 Å². The summed E-state index contributed by atoms with van der Waals surface area (Å²) < 4.78 is 1.47. The normalized spacial score (nSPS) is 26.6. The van der Waals surface area contributed by atoms with Gasteiger partial charge in [0.25, 0.3) is 0 Å². The van der Waals surface area contributed by atoms with E-state index in [1.165, 1.54) is 10.9 Å². The van der Waals surface area contributed by atoms with Crippen LogP contribution in [-0.4, -0.2) is 32.4 Å². The number of carboxylic acid groups (broad SMARTS) is 1. The molecule has 1 aliphatic heterocycles. The van der Waals surface area contributed by atoms with Crippen LogP contribution in [0.4, 0.5) is 0 Å². The van der Waals surface area contributed by atoms with Gasteiger partial charge in [0.05, 0.1) is 11.2 Å². The van der Waals surface area contributed by atoms with Gasteiger partial charge in [-0.25, -0.2) is 4.79 Å². The highest BCUT2D eigenvalue weighted by atomic mass is 35.5. The predicted molar refractivity (Wildman–Crippen MR) is 54.8 cm³/mol. The van der Waals surface area contributed by atoms with Crippen molar-refractivity contribution in [3.8, 4) is 0 Å². The van der Waals surface area contributed by atoms with Crippen molar-refractivity contribution in [2.45, 2.75) is 12.0 Å². The minimum atomic E-state index is -0.891. The number of carbonyl (C=O) groups is 1. The zero-order valence-electron chi connectivity index (χ0n) is 7.31. The molecule has 1 aromatic rings. The molecule has 0 aliphatic carbocycles. The van der Waals surface area contributed by atoms with Crippen molar-refractivity contribution in [3.05, 3.63) is 17.4 Å². The number of thioether (sulfide) groups is 1. The maximum absolute atomic E-state index is 11.2. The smallest absolute Gasteiger partial charge is 0.332 e. The van der Waals surface area contributed by atoms with Crippen LogP contribution in [0.1, 0.15) is 6.42 Å². The molecule has 76 valence electrons. The molecule has 0 aromatic carbocycles.